The fourth-order valence-corrected chi connectivity index (χ4v) is 1.32. The fourth-order valence-electron chi connectivity index (χ4n) is 1.32. The molecule has 1 aliphatic heterocycles. The number of nitrogens with zero attached hydrogens (tertiary/aromatic N) is 2. The summed E-state index contributed by atoms with van der Waals surface area (Å²) in [5.41, 5.74) is 5.48. The van der Waals surface area contributed by atoms with Gasteiger partial charge in [0.05, 0.1) is 25.4 Å². The van der Waals surface area contributed by atoms with Crippen molar-refractivity contribution in [3.05, 3.63) is 12.4 Å². The van der Waals surface area contributed by atoms with E-state index in [4.69, 9.17) is 10.5 Å². The van der Waals surface area contributed by atoms with Gasteiger partial charge in [0.25, 0.3) is 0 Å². The summed E-state index contributed by atoms with van der Waals surface area (Å²) in [6, 6.07) is 1.50. The lowest BCUT2D eigenvalue weighted by atomic mass is 10.2. The number of rotatable bonds is 2. The van der Waals surface area contributed by atoms with Crippen molar-refractivity contribution in [1.82, 2.24) is 9.97 Å². The van der Waals surface area contributed by atoms with E-state index in [0.29, 0.717) is 24.8 Å². The molecule has 76 valence electrons. The zero-order valence-corrected chi connectivity index (χ0v) is 7.55. The van der Waals surface area contributed by atoms with Gasteiger partial charge in [-0.1, -0.05) is 0 Å². The molecule has 1 fully saturated rings. The SMILES string of the molecule is Nc1cc(NC2COCC2O)ncn1. The number of nitrogens with one attached hydrogen (secondary N) is 1. The van der Waals surface area contributed by atoms with E-state index in [0.717, 1.165) is 0 Å². The molecular formula is C8H12N4O2. The third-order valence-electron chi connectivity index (χ3n) is 2.07. The highest BCUT2D eigenvalue weighted by atomic mass is 16.5. The van der Waals surface area contributed by atoms with Crippen LogP contribution < -0.4 is 11.1 Å². The quantitative estimate of drug-likeness (QED) is 0.575. The number of hydrogen-bond donors (Lipinski definition) is 3. The molecule has 0 spiro atoms. The lowest BCUT2D eigenvalue weighted by Gasteiger charge is -2.14. The Morgan fingerprint density at radius 2 is 2.36 bits per heavy atom. The van der Waals surface area contributed by atoms with Gasteiger partial charge < -0.3 is 20.9 Å². The molecule has 1 aromatic rings. The third kappa shape index (κ3) is 1.91. The Morgan fingerprint density at radius 1 is 1.50 bits per heavy atom. The zero-order valence-electron chi connectivity index (χ0n) is 7.55. The maximum atomic E-state index is 9.46. The summed E-state index contributed by atoms with van der Waals surface area (Å²) >= 11 is 0. The van der Waals surface area contributed by atoms with Crippen molar-refractivity contribution in [2.75, 3.05) is 24.3 Å². The molecule has 14 heavy (non-hydrogen) atoms. The molecule has 2 unspecified atom stereocenters. The van der Waals surface area contributed by atoms with Gasteiger partial charge in [0, 0.05) is 6.07 Å². The molecule has 2 heterocycles. The van der Waals surface area contributed by atoms with Crippen LogP contribution in [0.15, 0.2) is 12.4 Å². The highest BCUT2D eigenvalue weighted by Gasteiger charge is 2.26. The first-order chi connectivity index (χ1) is 6.75. The summed E-state index contributed by atoms with van der Waals surface area (Å²) < 4.78 is 5.08. The molecule has 2 rings (SSSR count). The molecule has 0 aromatic carbocycles. The normalized spacial score (nSPS) is 26.4. The minimum atomic E-state index is -0.494. The summed E-state index contributed by atoms with van der Waals surface area (Å²) in [4.78, 5) is 7.73. The Labute approximate surface area is 81.1 Å². The number of aliphatic hydroxyl groups is 1. The average Bonchev–Trinajstić information content (AvgIpc) is 2.52. The first-order valence-electron chi connectivity index (χ1n) is 4.35. The topological polar surface area (TPSA) is 93.3 Å². The van der Waals surface area contributed by atoms with Gasteiger partial charge >= 0.3 is 0 Å². The van der Waals surface area contributed by atoms with Crippen LogP contribution in [0.1, 0.15) is 0 Å². The van der Waals surface area contributed by atoms with Crippen molar-refractivity contribution < 1.29 is 9.84 Å². The van der Waals surface area contributed by atoms with Crippen LogP contribution in [-0.4, -0.2) is 40.4 Å². The Morgan fingerprint density at radius 3 is 3.00 bits per heavy atom. The fraction of sp³-hybridized carbons (Fsp3) is 0.500. The number of anilines is 2. The Balaban J connectivity index is 2.03. The number of aliphatic hydroxyl groups excluding tert-OH is 1. The Hall–Kier alpha value is -1.40. The van der Waals surface area contributed by atoms with E-state index in [-0.39, 0.29) is 6.04 Å². The smallest absolute Gasteiger partial charge is 0.131 e. The molecule has 0 saturated carbocycles. The van der Waals surface area contributed by atoms with E-state index < -0.39 is 6.10 Å². The van der Waals surface area contributed by atoms with Crippen LogP contribution in [0.4, 0.5) is 11.6 Å². The van der Waals surface area contributed by atoms with Crippen LogP contribution in [0.3, 0.4) is 0 Å². The molecule has 2 atom stereocenters. The summed E-state index contributed by atoms with van der Waals surface area (Å²) in [6.45, 7) is 0.837. The van der Waals surface area contributed by atoms with Crippen molar-refractivity contribution >= 4 is 11.6 Å². The second kappa shape index (κ2) is 3.77. The highest BCUT2D eigenvalue weighted by Crippen LogP contribution is 2.12. The molecule has 0 amide bonds. The molecule has 1 aliphatic rings. The molecule has 1 saturated heterocycles. The van der Waals surface area contributed by atoms with E-state index in [9.17, 15) is 5.11 Å². The van der Waals surface area contributed by atoms with Gasteiger partial charge in [-0.3, -0.25) is 0 Å². The van der Waals surface area contributed by atoms with Gasteiger partial charge in [0.2, 0.25) is 0 Å². The van der Waals surface area contributed by atoms with Gasteiger partial charge in [-0.05, 0) is 0 Å². The monoisotopic (exact) mass is 196 g/mol. The predicted molar refractivity (Wildman–Crippen MR) is 50.7 cm³/mol. The van der Waals surface area contributed by atoms with E-state index in [1.54, 1.807) is 6.07 Å². The molecule has 0 aliphatic carbocycles. The van der Waals surface area contributed by atoms with Crippen molar-refractivity contribution in [3.8, 4) is 0 Å². The zero-order chi connectivity index (χ0) is 9.97. The molecule has 0 radical (unpaired) electrons. The largest absolute Gasteiger partial charge is 0.388 e. The van der Waals surface area contributed by atoms with E-state index in [1.165, 1.54) is 6.33 Å². The van der Waals surface area contributed by atoms with E-state index in [2.05, 4.69) is 15.3 Å². The first kappa shape index (κ1) is 9.17. The second-order valence-corrected chi connectivity index (χ2v) is 3.18. The minimum absolute atomic E-state index is 0.121. The molecule has 6 nitrogen and oxygen atoms in total. The lowest BCUT2D eigenvalue weighted by Crippen LogP contribution is -2.32. The summed E-state index contributed by atoms with van der Waals surface area (Å²) in [5, 5.41) is 12.5. The van der Waals surface area contributed by atoms with Crippen molar-refractivity contribution in [2.45, 2.75) is 12.1 Å². The van der Waals surface area contributed by atoms with Gasteiger partial charge in [-0.2, -0.15) is 0 Å². The summed E-state index contributed by atoms with van der Waals surface area (Å²) in [5.74, 6) is 1.00. The van der Waals surface area contributed by atoms with Crippen molar-refractivity contribution in [1.29, 1.82) is 0 Å². The van der Waals surface area contributed by atoms with Crippen LogP contribution in [0.5, 0.6) is 0 Å². The third-order valence-corrected chi connectivity index (χ3v) is 2.07. The summed E-state index contributed by atoms with van der Waals surface area (Å²) in [6.07, 6.45) is 0.881. The minimum Gasteiger partial charge on any atom is -0.388 e. The predicted octanol–water partition coefficient (Wildman–Crippen LogP) is -0.770. The number of aromatic nitrogens is 2. The van der Waals surface area contributed by atoms with Crippen LogP contribution in [0.2, 0.25) is 0 Å². The Kier molecular flexibility index (Phi) is 2.47. The van der Waals surface area contributed by atoms with E-state index in [1.807, 2.05) is 0 Å². The van der Waals surface area contributed by atoms with Gasteiger partial charge in [-0.25, -0.2) is 9.97 Å². The van der Waals surface area contributed by atoms with Crippen LogP contribution in [-0.2, 0) is 4.74 Å². The number of ether oxygens (including phenoxy) is 1. The lowest BCUT2D eigenvalue weighted by molar-refractivity contribution is 0.125. The molecular weight excluding hydrogens is 184 g/mol. The van der Waals surface area contributed by atoms with E-state index >= 15 is 0 Å². The molecule has 0 bridgehead atoms. The van der Waals surface area contributed by atoms with Gasteiger partial charge in [0.15, 0.2) is 0 Å². The van der Waals surface area contributed by atoms with Crippen LogP contribution in [0, 0.1) is 0 Å². The highest BCUT2D eigenvalue weighted by molar-refractivity contribution is 5.44. The maximum Gasteiger partial charge on any atom is 0.131 e. The molecule has 6 heteroatoms. The first-order valence-corrected chi connectivity index (χ1v) is 4.35. The second-order valence-electron chi connectivity index (χ2n) is 3.18. The standard InChI is InChI=1S/C8H12N4O2/c9-7-1-8(11-4-10-7)12-5-2-14-3-6(5)13/h1,4-6,13H,2-3H2,(H3,9,10,11,12). The number of nitrogen functional groups attached to an aromatic ring is 1. The number of nitrogens with two attached hydrogens (primary N) is 1. The molecule has 1 aromatic heterocycles. The molecule has 4 N–H and O–H groups in total. The van der Waals surface area contributed by atoms with Gasteiger partial charge in [0.1, 0.15) is 18.0 Å². The number of hydrogen-bond acceptors (Lipinski definition) is 6. The van der Waals surface area contributed by atoms with Crippen LogP contribution in [0.25, 0.3) is 0 Å². The summed E-state index contributed by atoms with van der Waals surface area (Å²) in [7, 11) is 0. The van der Waals surface area contributed by atoms with Gasteiger partial charge in [-0.15, -0.1) is 0 Å². The average molecular weight is 196 g/mol. The van der Waals surface area contributed by atoms with Crippen molar-refractivity contribution in [2.24, 2.45) is 0 Å². The maximum absolute atomic E-state index is 9.46. The van der Waals surface area contributed by atoms with Crippen LogP contribution >= 0.6 is 0 Å². The Bertz CT molecular complexity index is 320. The van der Waals surface area contributed by atoms with Crippen molar-refractivity contribution in [3.63, 3.8) is 0 Å².